The van der Waals surface area contributed by atoms with Gasteiger partial charge in [0.05, 0.1) is 13.0 Å². The molecule has 0 N–H and O–H groups in total. The van der Waals surface area contributed by atoms with E-state index >= 15 is 0 Å². The number of halogens is 1. The molecule has 4 nitrogen and oxygen atoms in total. The predicted molar refractivity (Wildman–Crippen MR) is 65.1 cm³/mol. The van der Waals surface area contributed by atoms with Crippen molar-refractivity contribution in [2.75, 3.05) is 20.3 Å². The summed E-state index contributed by atoms with van der Waals surface area (Å²) in [5, 5.41) is 0.360. The lowest BCUT2D eigenvalue weighted by molar-refractivity contribution is -0.143. The molecule has 0 aliphatic heterocycles. The van der Waals surface area contributed by atoms with Gasteiger partial charge in [0.2, 0.25) is 0 Å². The van der Waals surface area contributed by atoms with Gasteiger partial charge in [0.1, 0.15) is 5.15 Å². The molecule has 0 unspecified atom stereocenters. The van der Waals surface area contributed by atoms with E-state index < -0.39 is 0 Å². The Balaban J connectivity index is 2.40. The van der Waals surface area contributed by atoms with Gasteiger partial charge in [0.25, 0.3) is 0 Å². The van der Waals surface area contributed by atoms with Crippen LogP contribution < -0.4 is 0 Å². The Morgan fingerprint density at radius 2 is 2.18 bits per heavy atom. The van der Waals surface area contributed by atoms with Crippen molar-refractivity contribution in [3.63, 3.8) is 0 Å². The van der Waals surface area contributed by atoms with Gasteiger partial charge in [-0.25, -0.2) is 4.98 Å². The van der Waals surface area contributed by atoms with Crippen LogP contribution in [0.4, 0.5) is 0 Å². The molecule has 0 atom stereocenters. The predicted octanol–water partition coefficient (Wildman–Crippen LogP) is 2.17. The number of aromatic nitrogens is 1. The molecule has 0 saturated heterocycles. The number of carbonyl (C=O) groups is 1. The average molecular weight is 258 g/mol. The van der Waals surface area contributed by atoms with E-state index in [2.05, 4.69) is 4.98 Å². The Hall–Kier alpha value is -1.13. The van der Waals surface area contributed by atoms with E-state index in [0.717, 1.165) is 5.69 Å². The van der Waals surface area contributed by atoms with E-state index in [1.54, 1.807) is 13.2 Å². The maximum absolute atomic E-state index is 11.5. The first-order chi connectivity index (χ1) is 8.13. The summed E-state index contributed by atoms with van der Waals surface area (Å²) in [5.41, 5.74) is 1.52. The molecule has 0 spiro atoms. The Morgan fingerprint density at radius 3 is 2.82 bits per heavy atom. The molecule has 5 heteroatoms. The van der Waals surface area contributed by atoms with Gasteiger partial charge in [-0.1, -0.05) is 17.7 Å². The molecule has 1 heterocycles. The van der Waals surface area contributed by atoms with Gasteiger partial charge in [-0.15, -0.1) is 0 Å². The fourth-order valence-corrected chi connectivity index (χ4v) is 1.54. The van der Waals surface area contributed by atoms with E-state index in [1.165, 1.54) is 0 Å². The highest BCUT2D eigenvalue weighted by molar-refractivity contribution is 6.30. The minimum Gasteiger partial charge on any atom is -0.465 e. The highest BCUT2D eigenvalue weighted by atomic mass is 35.5. The van der Waals surface area contributed by atoms with Gasteiger partial charge in [-0.3, -0.25) is 4.79 Å². The average Bonchev–Trinajstić information content (AvgIpc) is 2.28. The smallest absolute Gasteiger partial charge is 0.310 e. The third-order valence-corrected chi connectivity index (χ3v) is 2.48. The third kappa shape index (κ3) is 5.15. The molecule has 1 aromatic heterocycles. The molecular formula is C12H16ClNO3. The standard InChI is InChI=1S/C12H16ClNO3/c1-9-4-5-10(12(13)14-9)8-11(15)17-7-3-6-16-2/h4-5H,3,6-8H2,1-2H3. The van der Waals surface area contributed by atoms with Crippen molar-refractivity contribution in [3.05, 3.63) is 28.5 Å². The van der Waals surface area contributed by atoms with Crippen LogP contribution in [0.3, 0.4) is 0 Å². The molecule has 0 amide bonds. The van der Waals surface area contributed by atoms with Crippen LogP contribution in [0, 0.1) is 6.92 Å². The monoisotopic (exact) mass is 257 g/mol. The summed E-state index contributed by atoms with van der Waals surface area (Å²) in [6.07, 6.45) is 0.848. The van der Waals surface area contributed by atoms with Crippen LogP contribution in [0.15, 0.2) is 12.1 Å². The number of hydrogen-bond donors (Lipinski definition) is 0. The molecule has 1 aromatic rings. The molecule has 0 radical (unpaired) electrons. The van der Waals surface area contributed by atoms with Crippen molar-refractivity contribution in [2.24, 2.45) is 0 Å². The molecule has 0 bridgehead atoms. The lowest BCUT2D eigenvalue weighted by atomic mass is 10.2. The fourth-order valence-electron chi connectivity index (χ4n) is 1.28. The summed E-state index contributed by atoms with van der Waals surface area (Å²) in [5.74, 6) is -0.298. The third-order valence-electron chi connectivity index (χ3n) is 2.16. The lowest BCUT2D eigenvalue weighted by Gasteiger charge is -2.06. The SMILES string of the molecule is COCCCOC(=O)Cc1ccc(C)nc1Cl. The minimum absolute atomic E-state index is 0.152. The number of nitrogens with zero attached hydrogens (tertiary/aromatic N) is 1. The van der Waals surface area contributed by atoms with Crippen molar-refractivity contribution in [1.82, 2.24) is 4.98 Å². The first-order valence-electron chi connectivity index (χ1n) is 5.40. The number of rotatable bonds is 6. The fraction of sp³-hybridized carbons (Fsp3) is 0.500. The van der Waals surface area contributed by atoms with Crippen molar-refractivity contribution in [2.45, 2.75) is 19.8 Å². The molecule has 94 valence electrons. The van der Waals surface area contributed by atoms with Crippen LogP contribution in [0.2, 0.25) is 5.15 Å². The highest BCUT2D eigenvalue weighted by Gasteiger charge is 2.09. The number of hydrogen-bond acceptors (Lipinski definition) is 4. The molecule has 0 fully saturated rings. The van der Waals surface area contributed by atoms with E-state index in [-0.39, 0.29) is 12.4 Å². The normalized spacial score (nSPS) is 10.3. The minimum atomic E-state index is -0.298. The molecule has 0 aliphatic rings. The van der Waals surface area contributed by atoms with Crippen LogP contribution >= 0.6 is 11.6 Å². The number of aryl methyl sites for hydroxylation is 1. The zero-order chi connectivity index (χ0) is 12.7. The second kappa shape index (κ2) is 7.25. The number of methoxy groups -OCH3 is 1. The zero-order valence-corrected chi connectivity index (χ0v) is 10.8. The molecular weight excluding hydrogens is 242 g/mol. The van der Waals surface area contributed by atoms with Crippen molar-refractivity contribution < 1.29 is 14.3 Å². The Morgan fingerprint density at radius 1 is 1.41 bits per heavy atom. The summed E-state index contributed by atoms with van der Waals surface area (Å²) in [7, 11) is 1.61. The van der Waals surface area contributed by atoms with Gasteiger partial charge < -0.3 is 9.47 Å². The largest absolute Gasteiger partial charge is 0.465 e. The zero-order valence-electron chi connectivity index (χ0n) is 10.0. The second-order valence-corrected chi connectivity index (χ2v) is 4.00. The summed E-state index contributed by atoms with van der Waals surface area (Å²) >= 11 is 5.92. The van der Waals surface area contributed by atoms with Crippen molar-refractivity contribution in [3.8, 4) is 0 Å². The first kappa shape index (κ1) is 13.9. The molecule has 0 saturated carbocycles. The quantitative estimate of drug-likeness (QED) is 0.445. The Bertz CT molecular complexity index is 382. The van der Waals surface area contributed by atoms with E-state index in [4.69, 9.17) is 21.1 Å². The summed E-state index contributed by atoms with van der Waals surface area (Å²) in [6, 6.07) is 3.61. The van der Waals surface area contributed by atoms with Crippen molar-refractivity contribution >= 4 is 17.6 Å². The second-order valence-electron chi connectivity index (χ2n) is 3.65. The highest BCUT2D eigenvalue weighted by Crippen LogP contribution is 2.14. The van der Waals surface area contributed by atoms with Gasteiger partial charge >= 0.3 is 5.97 Å². The van der Waals surface area contributed by atoms with Gasteiger partial charge in [0.15, 0.2) is 0 Å². The number of esters is 1. The molecule has 1 rings (SSSR count). The number of pyridine rings is 1. The van der Waals surface area contributed by atoms with Gasteiger partial charge in [0, 0.05) is 31.4 Å². The maximum Gasteiger partial charge on any atom is 0.310 e. The lowest BCUT2D eigenvalue weighted by Crippen LogP contribution is -2.11. The maximum atomic E-state index is 11.5. The summed E-state index contributed by atoms with van der Waals surface area (Å²) < 4.78 is 9.88. The van der Waals surface area contributed by atoms with E-state index in [9.17, 15) is 4.79 Å². The van der Waals surface area contributed by atoms with E-state index in [0.29, 0.717) is 30.4 Å². The van der Waals surface area contributed by atoms with E-state index in [1.807, 2.05) is 13.0 Å². The van der Waals surface area contributed by atoms with Crippen LogP contribution in [0.5, 0.6) is 0 Å². The molecule has 0 aromatic carbocycles. The van der Waals surface area contributed by atoms with Gasteiger partial charge in [-0.2, -0.15) is 0 Å². The topological polar surface area (TPSA) is 48.4 Å². The number of carbonyl (C=O) groups excluding carboxylic acids is 1. The molecule has 0 aliphatic carbocycles. The Kier molecular flexibility index (Phi) is 5.94. The number of ether oxygens (including phenoxy) is 2. The van der Waals surface area contributed by atoms with Crippen LogP contribution in [-0.2, 0) is 20.7 Å². The summed E-state index contributed by atoms with van der Waals surface area (Å²) in [4.78, 5) is 15.5. The molecule has 17 heavy (non-hydrogen) atoms. The Labute approximate surface area is 106 Å². The summed E-state index contributed by atoms with van der Waals surface area (Å²) in [6.45, 7) is 2.79. The van der Waals surface area contributed by atoms with Crippen LogP contribution in [0.1, 0.15) is 17.7 Å². The van der Waals surface area contributed by atoms with Crippen LogP contribution in [0.25, 0.3) is 0 Å². The van der Waals surface area contributed by atoms with Crippen molar-refractivity contribution in [1.29, 1.82) is 0 Å². The first-order valence-corrected chi connectivity index (χ1v) is 5.78. The van der Waals surface area contributed by atoms with Crippen LogP contribution in [-0.4, -0.2) is 31.3 Å². The van der Waals surface area contributed by atoms with Gasteiger partial charge in [-0.05, 0) is 13.0 Å².